The van der Waals surface area contributed by atoms with Gasteiger partial charge in [-0.25, -0.2) is 4.98 Å². The normalized spacial score (nSPS) is 11.1. The highest BCUT2D eigenvalue weighted by molar-refractivity contribution is 7.22. The van der Waals surface area contributed by atoms with Crippen molar-refractivity contribution in [3.05, 3.63) is 118 Å². The van der Waals surface area contributed by atoms with Gasteiger partial charge in [0.05, 0.1) is 23.0 Å². The van der Waals surface area contributed by atoms with Crippen LogP contribution in [-0.4, -0.2) is 10.9 Å². The van der Waals surface area contributed by atoms with Crippen LogP contribution in [0, 0.1) is 6.92 Å². The van der Waals surface area contributed by atoms with E-state index in [4.69, 9.17) is 21.0 Å². The summed E-state index contributed by atoms with van der Waals surface area (Å²) in [5, 5.41) is 1.28. The van der Waals surface area contributed by atoms with Crippen molar-refractivity contribution in [2.24, 2.45) is 0 Å². The standard InChI is InChI=1S/C27H21ClN2O2S/c1-18-23(28)13-14-24-25(18)29-27(33-24)30(17-22-8-5-15-32-22)26(31)21-11-9-20(10-12-21)16-19-6-3-2-4-7-19/h2-15H,16-17H2,1H3. The van der Waals surface area contributed by atoms with Crippen molar-refractivity contribution in [3.63, 3.8) is 0 Å². The number of anilines is 1. The molecule has 0 radical (unpaired) electrons. The molecule has 0 spiro atoms. The van der Waals surface area contributed by atoms with E-state index in [9.17, 15) is 4.79 Å². The Morgan fingerprint density at radius 3 is 2.45 bits per heavy atom. The molecule has 0 unspecified atom stereocenters. The topological polar surface area (TPSA) is 46.3 Å². The lowest BCUT2D eigenvalue weighted by Crippen LogP contribution is -2.30. The average molecular weight is 473 g/mol. The number of thiazole rings is 1. The first-order valence-electron chi connectivity index (χ1n) is 10.6. The molecule has 6 heteroatoms. The number of hydrogen-bond donors (Lipinski definition) is 0. The Kier molecular flexibility index (Phi) is 5.99. The van der Waals surface area contributed by atoms with Crippen LogP contribution in [0.25, 0.3) is 10.2 Å². The third kappa shape index (κ3) is 4.56. The van der Waals surface area contributed by atoms with Gasteiger partial charge in [-0.3, -0.25) is 9.69 Å². The Labute approximate surface area is 201 Å². The van der Waals surface area contributed by atoms with Crippen LogP contribution < -0.4 is 4.90 Å². The highest BCUT2D eigenvalue weighted by atomic mass is 35.5. The molecule has 0 atom stereocenters. The Morgan fingerprint density at radius 2 is 1.73 bits per heavy atom. The van der Waals surface area contributed by atoms with Crippen LogP contribution in [0.2, 0.25) is 5.02 Å². The number of aromatic nitrogens is 1. The number of carbonyl (C=O) groups excluding carboxylic acids is 1. The van der Waals surface area contributed by atoms with Gasteiger partial charge in [-0.1, -0.05) is 65.4 Å². The van der Waals surface area contributed by atoms with E-state index in [1.54, 1.807) is 11.2 Å². The Hall–Kier alpha value is -3.41. The highest BCUT2D eigenvalue weighted by Crippen LogP contribution is 2.34. The van der Waals surface area contributed by atoms with Gasteiger partial charge >= 0.3 is 0 Å². The summed E-state index contributed by atoms with van der Waals surface area (Å²) in [5.74, 6) is 0.568. The molecule has 3 aromatic carbocycles. The molecule has 0 bridgehead atoms. The van der Waals surface area contributed by atoms with Crippen LogP contribution in [0.15, 0.2) is 89.5 Å². The summed E-state index contributed by atoms with van der Waals surface area (Å²) in [6.07, 6.45) is 2.43. The minimum absolute atomic E-state index is 0.125. The van der Waals surface area contributed by atoms with Gasteiger partial charge in [0.1, 0.15) is 5.76 Å². The van der Waals surface area contributed by atoms with E-state index in [1.807, 2.05) is 73.7 Å². The van der Waals surface area contributed by atoms with Gasteiger partial charge in [0.15, 0.2) is 5.13 Å². The molecule has 0 aliphatic rings. The summed E-state index contributed by atoms with van der Waals surface area (Å²) < 4.78 is 6.52. The first kappa shape index (κ1) is 21.4. The van der Waals surface area contributed by atoms with Gasteiger partial charge in [0.2, 0.25) is 0 Å². The molecule has 0 N–H and O–H groups in total. The van der Waals surface area contributed by atoms with Crippen molar-refractivity contribution in [2.45, 2.75) is 19.9 Å². The number of fused-ring (bicyclic) bond motifs is 1. The zero-order valence-corrected chi connectivity index (χ0v) is 19.6. The lowest BCUT2D eigenvalue weighted by Gasteiger charge is -2.19. The van der Waals surface area contributed by atoms with Crippen molar-refractivity contribution in [3.8, 4) is 0 Å². The third-order valence-corrected chi connectivity index (χ3v) is 7.01. The molecule has 5 aromatic rings. The molecule has 4 nitrogen and oxygen atoms in total. The molecular formula is C27H21ClN2O2S. The SMILES string of the molecule is Cc1c(Cl)ccc2sc(N(Cc3ccco3)C(=O)c3ccc(Cc4ccccc4)cc3)nc12. The van der Waals surface area contributed by atoms with Crippen molar-refractivity contribution < 1.29 is 9.21 Å². The second kappa shape index (κ2) is 9.22. The minimum atomic E-state index is -0.125. The maximum Gasteiger partial charge on any atom is 0.260 e. The second-order valence-corrected chi connectivity index (χ2v) is 9.26. The summed E-state index contributed by atoms with van der Waals surface area (Å²) in [6.45, 7) is 2.24. The Morgan fingerprint density at radius 1 is 0.970 bits per heavy atom. The van der Waals surface area contributed by atoms with Gasteiger partial charge in [0.25, 0.3) is 5.91 Å². The van der Waals surface area contributed by atoms with E-state index in [2.05, 4.69) is 12.1 Å². The smallest absolute Gasteiger partial charge is 0.260 e. The molecule has 0 saturated carbocycles. The molecule has 33 heavy (non-hydrogen) atoms. The van der Waals surface area contributed by atoms with Crippen LogP contribution >= 0.6 is 22.9 Å². The number of furan rings is 1. The Balaban J connectivity index is 1.46. The lowest BCUT2D eigenvalue weighted by atomic mass is 10.0. The molecule has 2 aromatic heterocycles. The quantitative estimate of drug-likeness (QED) is 0.260. The molecule has 2 heterocycles. The number of benzene rings is 3. The van der Waals surface area contributed by atoms with E-state index in [0.717, 1.165) is 27.8 Å². The van der Waals surface area contributed by atoms with E-state index in [-0.39, 0.29) is 5.91 Å². The zero-order chi connectivity index (χ0) is 22.8. The summed E-state index contributed by atoms with van der Waals surface area (Å²) >= 11 is 7.76. The van der Waals surface area contributed by atoms with Crippen molar-refractivity contribution in [1.82, 2.24) is 4.98 Å². The summed E-state index contributed by atoms with van der Waals surface area (Å²) in [4.78, 5) is 20.0. The van der Waals surface area contributed by atoms with Gasteiger partial charge in [-0.15, -0.1) is 0 Å². The highest BCUT2D eigenvalue weighted by Gasteiger charge is 2.23. The van der Waals surface area contributed by atoms with Crippen LogP contribution in [-0.2, 0) is 13.0 Å². The maximum atomic E-state index is 13.6. The summed E-state index contributed by atoms with van der Waals surface area (Å²) in [5.41, 5.74) is 4.72. The zero-order valence-electron chi connectivity index (χ0n) is 18.0. The number of nitrogens with zero attached hydrogens (tertiary/aromatic N) is 2. The van der Waals surface area contributed by atoms with Crippen LogP contribution in [0.3, 0.4) is 0 Å². The number of hydrogen-bond acceptors (Lipinski definition) is 4. The number of amides is 1. The van der Waals surface area contributed by atoms with Crippen molar-refractivity contribution in [2.75, 3.05) is 4.90 Å². The predicted octanol–water partition coefficient (Wildman–Crippen LogP) is 7.29. The average Bonchev–Trinajstić information content (AvgIpc) is 3.51. The first-order valence-corrected chi connectivity index (χ1v) is 11.8. The lowest BCUT2D eigenvalue weighted by molar-refractivity contribution is 0.0983. The fourth-order valence-corrected chi connectivity index (χ4v) is 4.92. The predicted molar refractivity (Wildman–Crippen MR) is 134 cm³/mol. The van der Waals surface area contributed by atoms with Crippen LogP contribution in [0.4, 0.5) is 5.13 Å². The van der Waals surface area contributed by atoms with E-state index in [1.165, 1.54) is 16.9 Å². The molecule has 164 valence electrons. The first-order chi connectivity index (χ1) is 16.1. The van der Waals surface area contributed by atoms with E-state index >= 15 is 0 Å². The van der Waals surface area contributed by atoms with Crippen molar-refractivity contribution in [1.29, 1.82) is 0 Å². The molecule has 0 aliphatic heterocycles. The minimum Gasteiger partial charge on any atom is -0.467 e. The largest absolute Gasteiger partial charge is 0.467 e. The van der Waals surface area contributed by atoms with E-state index in [0.29, 0.717) is 28.0 Å². The van der Waals surface area contributed by atoms with Crippen molar-refractivity contribution >= 4 is 44.2 Å². The molecular weight excluding hydrogens is 452 g/mol. The molecule has 0 aliphatic carbocycles. The molecule has 5 rings (SSSR count). The maximum absolute atomic E-state index is 13.6. The fraction of sp³-hybridized carbons (Fsp3) is 0.111. The van der Waals surface area contributed by atoms with Gasteiger partial charge in [0, 0.05) is 10.6 Å². The second-order valence-electron chi connectivity index (χ2n) is 7.85. The third-order valence-electron chi connectivity index (χ3n) is 5.56. The monoisotopic (exact) mass is 472 g/mol. The van der Waals surface area contributed by atoms with Gasteiger partial charge in [-0.05, 0) is 66.4 Å². The summed E-state index contributed by atoms with van der Waals surface area (Å²) in [6, 6.07) is 25.5. The number of aryl methyl sites for hydroxylation is 1. The Bertz CT molecular complexity index is 1390. The fourth-order valence-electron chi connectivity index (χ4n) is 3.74. The molecule has 1 amide bonds. The van der Waals surface area contributed by atoms with Crippen LogP contribution in [0.1, 0.15) is 32.8 Å². The summed E-state index contributed by atoms with van der Waals surface area (Å²) in [7, 11) is 0. The van der Waals surface area contributed by atoms with Crippen LogP contribution in [0.5, 0.6) is 0 Å². The number of rotatable bonds is 6. The number of halogens is 1. The molecule has 0 fully saturated rings. The van der Waals surface area contributed by atoms with E-state index < -0.39 is 0 Å². The van der Waals surface area contributed by atoms with Gasteiger partial charge in [-0.2, -0.15) is 0 Å². The molecule has 0 saturated heterocycles. The number of carbonyl (C=O) groups is 1. The van der Waals surface area contributed by atoms with Gasteiger partial charge < -0.3 is 4.42 Å².